The SMILES string of the molecule is Cc1cccc(C(C(C)N)N(C)CCc2ccncc2)c1. The topological polar surface area (TPSA) is 42.1 Å². The number of rotatable bonds is 6. The van der Waals surface area contributed by atoms with E-state index in [9.17, 15) is 0 Å². The van der Waals surface area contributed by atoms with Gasteiger partial charge in [0.05, 0.1) is 0 Å². The zero-order valence-electron chi connectivity index (χ0n) is 13.2. The Kier molecular flexibility index (Phi) is 5.48. The monoisotopic (exact) mass is 283 g/mol. The molecule has 0 spiro atoms. The fourth-order valence-corrected chi connectivity index (χ4v) is 2.81. The van der Waals surface area contributed by atoms with E-state index in [2.05, 4.69) is 67.2 Å². The Bertz CT molecular complexity index is 551. The maximum absolute atomic E-state index is 6.24. The first kappa shape index (κ1) is 15.7. The second kappa shape index (κ2) is 7.34. The van der Waals surface area contributed by atoms with Crippen molar-refractivity contribution >= 4 is 0 Å². The van der Waals surface area contributed by atoms with E-state index in [1.54, 1.807) is 0 Å². The third-order valence-corrected chi connectivity index (χ3v) is 3.86. The van der Waals surface area contributed by atoms with Crippen molar-refractivity contribution in [1.29, 1.82) is 0 Å². The van der Waals surface area contributed by atoms with Gasteiger partial charge in [-0.15, -0.1) is 0 Å². The van der Waals surface area contributed by atoms with Crippen LogP contribution in [0.3, 0.4) is 0 Å². The Hall–Kier alpha value is -1.71. The number of pyridine rings is 1. The molecule has 0 saturated heterocycles. The Labute approximate surface area is 127 Å². The van der Waals surface area contributed by atoms with Gasteiger partial charge in [-0.2, -0.15) is 0 Å². The number of aryl methyl sites for hydroxylation is 1. The standard InChI is InChI=1S/C18H25N3/c1-14-5-4-6-17(13-14)18(15(2)19)21(3)12-9-16-7-10-20-11-8-16/h4-8,10-11,13,15,18H,9,12,19H2,1-3H3. The maximum atomic E-state index is 6.24. The molecule has 2 atom stereocenters. The van der Waals surface area contributed by atoms with Crippen LogP contribution in [0.5, 0.6) is 0 Å². The molecule has 0 fully saturated rings. The summed E-state index contributed by atoms with van der Waals surface area (Å²) >= 11 is 0. The number of hydrogen-bond acceptors (Lipinski definition) is 3. The molecule has 0 aliphatic heterocycles. The van der Waals surface area contributed by atoms with Crippen LogP contribution in [0.25, 0.3) is 0 Å². The predicted octanol–water partition coefficient (Wildman–Crippen LogP) is 2.95. The number of benzene rings is 1. The summed E-state index contributed by atoms with van der Waals surface area (Å²) in [6.07, 6.45) is 4.70. The van der Waals surface area contributed by atoms with Gasteiger partial charge in [0.1, 0.15) is 0 Å². The van der Waals surface area contributed by atoms with E-state index in [0.717, 1.165) is 13.0 Å². The van der Waals surface area contributed by atoms with Gasteiger partial charge in [0, 0.05) is 31.0 Å². The fraction of sp³-hybridized carbons (Fsp3) is 0.389. The van der Waals surface area contributed by atoms with Gasteiger partial charge in [-0.3, -0.25) is 9.88 Å². The molecule has 0 saturated carbocycles. The van der Waals surface area contributed by atoms with E-state index >= 15 is 0 Å². The zero-order chi connectivity index (χ0) is 15.2. The van der Waals surface area contributed by atoms with Crippen molar-refractivity contribution < 1.29 is 0 Å². The summed E-state index contributed by atoms with van der Waals surface area (Å²) in [6, 6.07) is 13.1. The summed E-state index contributed by atoms with van der Waals surface area (Å²) in [5.41, 5.74) is 10.1. The van der Waals surface area contributed by atoms with E-state index in [1.165, 1.54) is 16.7 Å². The van der Waals surface area contributed by atoms with Gasteiger partial charge in [0.15, 0.2) is 0 Å². The summed E-state index contributed by atoms with van der Waals surface area (Å²) in [6.45, 7) is 5.18. The van der Waals surface area contributed by atoms with Crippen LogP contribution in [0.15, 0.2) is 48.8 Å². The lowest BCUT2D eigenvalue weighted by Gasteiger charge is -2.31. The number of likely N-dealkylation sites (N-methyl/N-ethyl adjacent to an activating group) is 1. The highest BCUT2D eigenvalue weighted by molar-refractivity contribution is 5.26. The number of aromatic nitrogens is 1. The van der Waals surface area contributed by atoms with Crippen LogP contribution in [0.1, 0.15) is 29.7 Å². The minimum absolute atomic E-state index is 0.0919. The Morgan fingerprint density at radius 1 is 1.19 bits per heavy atom. The van der Waals surface area contributed by atoms with Crippen molar-refractivity contribution in [1.82, 2.24) is 9.88 Å². The molecular weight excluding hydrogens is 258 g/mol. The first-order valence-electron chi connectivity index (χ1n) is 7.49. The molecule has 2 N–H and O–H groups in total. The molecule has 0 aliphatic rings. The van der Waals surface area contributed by atoms with Crippen LogP contribution >= 0.6 is 0 Å². The molecule has 1 aromatic carbocycles. The summed E-state index contributed by atoms with van der Waals surface area (Å²) in [7, 11) is 2.15. The average molecular weight is 283 g/mol. The quantitative estimate of drug-likeness (QED) is 0.886. The second-order valence-corrected chi connectivity index (χ2v) is 5.80. The third-order valence-electron chi connectivity index (χ3n) is 3.86. The van der Waals surface area contributed by atoms with Gasteiger partial charge in [-0.1, -0.05) is 29.8 Å². The van der Waals surface area contributed by atoms with Crippen molar-refractivity contribution in [2.45, 2.75) is 32.4 Å². The average Bonchev–Trinajstić information content (AvgIpc) is 2.46. The third kappa shape index (κ3) is 4.38. The summed E-state index contributed by atoms with van der Waals surface area (Å²) in [5, 5.41) is 0. The van der Waals surface area contributed by atoms with Gasteiger partial charge in [-0.05, 0) is 50.6 Å². The molecule has 0 bridgehead atoms. The fourth-order valence-electron chi connectivity index (χ4n) is 2.81. The normalized spacial score (nSPS) is 14.1. The molecule has 3 nitrogen and oxygen atoms in total. The molecule has 112 valence electrons. The molecule has 0 amide bonds. The van der Waals surface area contributed by atoms with Crippen LogP contribution < -0.4 is 5.73 Å². The number of nitrogens with zero attached hydrogens (tertiary/aromatic N) is 2. The highest BCUT2D eigenvalue weighted by Crippen LogP contribution is 2.23. The van der Waals surface area contributed by atoms with Gasteiger partial charge in [-0.25, -0.2) is 0 Å². The lowest BCUT2D eigenvalue weighted by molar-refractivity contribution is 0.221. The molecule has 3 heteroatoms. The Balaban J connectivity index is 2.07. The lowest BCUT2D eigenvalue weighted by atomic mass is 9.97. The van der Waals surface area contributed by atoms with E-state index < -0.39 is 0 Å². The Morgan fingerprint density at radius 2 is 1.90 bits per heavy atom. The van der Waals surface area contributed by atoms with E-state index in [0.29, 0.717) is 0 Å². The minimum Gasteiger partial charge on any atom is -0.326 e. The first-order valence-corrected chi connectivity index (χ1v) is 7.49. The number of nitrogens with two attached hydrogens (primary N) is 1. The van der Waals surface area contributed by atoms with Crippen LogP contribution in [0.2, 0.25) is 0 Å². The van der Waals surface area contributed by atoms with E-state index in [-0.39, 0.29) is 12.1 Å². The van der Waals surface area contributed by atoms with Crippen molar-refractivity contribution in [2.24, 2.45) is 5.73 Å². The molecule has 1 aromatic heterocycles. The molecule has 1 heterocycles. The summed E-state index contributed by atoms with van der Waals surface area (Å²) < 4.78 is 0. The molecule has 21 heavy (non-hydrogen) atoms. The van der Waals surface area contributed by atoms with Gasteiger partial charge < -0.3 is 5.73 Å². The van der Waals surface area contributed by atoms with E-state index in [1.807, 2.05) is 12.4 Å². The van der Waals surface area contributed by atoms with Crippen molar-refractivity contribution in [3.8, 4) is 0 Å². The lowest BCUT2D eigenvalue weighted by Crippen LogP contribution is -2.38. The second-order valence-electron chi connectivity index (χ2n) is 5.80. The first-order chi connectivity index (χ1) is 10.1. The largest absolute Gasteiger partial charge is 0.326 e. The summed E-state index contributed by atoms with van der Waals surface area (Å²) in [4.78, 5) is 6.41. The van der Waals surface area contributed by atoms with Gasteiger partial charge in [0.2, 0.25) is 0 Å². The molecule has 2 aromatic rings. The van der Waals surface area contributed by atoms with Gasteiger partial charge in [0.25, 0.3) is 0 Å². The number of hydrogen-bond donors (Lipinski definition) is 1. The smallest absolute Gasteiger partial charge is 0.0493 e. The zero-order valence-corrected chi connectivity index (χ0v) is 13.2. The van der Waals surface area contributed by atoms with Crippen LogP contribution in [0, 0.1) is 6.92 Å². The molecule has 2 rings (SSSR count). The van der Waals surface area contributed by atoms with Crippen molar-refractivity contribution in [3.63, 3.8) is 0 Å². The highest BCUT2D eigenvalue weighted by Gasteiger charge is 2.20. The maximum Gasteiger partial charge on any atom is 0.0493 e. The molecule has 2 unspecified atom stereocenters. The highest BCUT2D eigenvalue weighted by atomic mass is 15.1. The van der Waals surface area contributed by atoms with Crippen molar-refractivity contribution in [3.05, 3.63) is 65.5 Å². The van der Waals surface area contributed by atoms with E-state index in [4.69, 9.17) is 5.73 Å². The minimum atomic E-state index is 0.0919. The van der Waals surface area contributed by atoms with Crippen molar-refractivity contribution in [2.75, 3.05) is 13.6 Å². The van der Waals surface area contributed by atoms with Crippen LogP contribution in [0.4, 0.5) is 0 Å². The molecular formula is C18H25N3. The van der Waals surface area contributed by atoms with Crippen LogP contribution in [-0.2, 0) is 6.42 Å². The summed E-state index contributed by atoms with van der Waals surface area (Å²) in [5.74, 6) is 0. The van der Waals surface area contributed by atoms with Gasteiger partial charge >= 0.3 is 0 Å². The molecule has 0 aliphatic carbocycles. The Morgan fingerprint density at radius 3 is 2.52 bits per heavy atom. The predicted molar refractivity (Wildman–Crippen MR) is 88.1 cm³/mol. The molecule has 0 radical (unpaired) electrons. The van der Waals surface area contributed by atoms with Crippen LogP contribution in [-0.4, -0.2) is 29.5 Å².